The lowest BCUT2D eigenvalue weighted by molar-refractivity contribution is -0.117. The van der Waals surface area contributed by atoms with Crippen molar-refractivity contribution in [2.24, 2.45) is 11.3 Å². The first-order valence-electron chi connectivity index (χ1n) is 9.21. The van der Waals surface area contributed by atoms with Gasteiger partial charge in [-0.2, -0.15) is 0 Å². The molecule has 1 aromatic carbocycles. The third kappa shape index (κ3) is 4.21. The first-order valence-corrected chi connectivity index (χ1v) is 9.21. The predicted molar refractivity (Wildman–Crippen MR) is 99.6 cm³/mol. The zero-order chi connectivity index (χ0) is 18.0. The average Bonchev–Trinajstić information content (AvgIpc) is 3.13. The molecule has 0 unspecified atom stereocenters. The van der Waals surface area contributed by atoms with Gasteiger partial charge in [-0.05, 0) is 61.4 Å². The van der Waals surface area contributed by atoms with Gasteiger partial charge >= 0.3 is 0 Å². The third-order valence-corrected chi connectivity index (χ3v) is 5.66. The smallest absolute Gasteiger partial charge is 0.253 e. The standard InChI is InChI=1S/C20H29N3O2/c1-15-8-9-20(12-15)10-11-23(14-20)13-18(24)21-17-6-4-16(5-7-17)19(25)22(2)3/h4-7,15H,8-14H2,1-3H3,(H,21,24)/t15-,20-/m1/s1. The first-order chi connectivity index (χ1) is 11.9. The molecule has 1 spiro atoms. The van der Waals surface area contributed by atoms with Crippen LogP contribution in [0.1, 0.15) is 43.0 Å². The Hall–Kier alpha value is -1.88. The Labute approximate surface area is 150 Å². The van der Waals surface area contributed by atoms with E-state index < -0.39 is 0 Å². The van der Waals surface area contributed by atoms with Crippen LogP contribution in [-0.4, -0.2) is 55.3 Å². The number of hydrogen-bond donors (Lipinski definition) is 1. The molecule has 3 rings (SSSR count). The fourth-order valence-electron chi connectivity index (χ4n) is 4.39. The van der Waals surface area contributed by atoms with Gasteiger partial charge in [-0.1, -0.05) is 13.3 Å². The highest BCUT2D eigenvalue weighted by Gasteiger charge is 2.42. The number of amides is 2. The second-order valence-electron chi connectivity index (χ2n) is 8.13. The van der Waals surface area contributed by atoms with Gasteiger partial charge in [0.05, 0.1) is 6.54 Å². The highest BCUT2D eigenvalue weighted by atomic mass is 16.2. The number of rotatable bonds is 4. The normalized spacial score (nSPS) is 26.1. The minimum absolute atomic E-state index is 0.0229. The van der Waals surface area contributed by atoms with Crippen LogP contribution >= 0.6 is 0 Å². The Morgan fingerprint density at radius 1 is 1.24 bits per heavy atom. The molecule has 1 heterocycles. The summed E-state index contributed by atoms with van der Waals surface area (Å²) in [4.78, 5) is 28.1. The van der Waals surface area contributed by atoms with Crippen LogP contribution < -0.4 is 5.32 Å². The molecule has 1 aliphatic heterocycles. The van der Waals surface area contributed by atoms with Gasteiger partial charge in [-0.15, -0.1) is 0 Å². The van der Waals surface area contributed by atoms with E-state index in [0.717, 1.165) is 24.7 Å². The zero-order valence-corrected chi connectivity index (χ0v) is 15.5. The van der Waals surface area contributed by atoms with Crippen LogP contribution in [0.2, 0.25) is 0 Å². The number of hydrogen-bond acceptors (Lipinski definition) is 3. The van der Waals surface area contributed by atoms with Crippen LogP contribution in [0.5, 0.6) is 0 Å². The molecule has 2 amide bonds. The van der Waals surface area contributed by atoms with Crippen molar-refractivity contribution in [3.63, 3.8) is 0 Å². The molecule has 5 nitrogen and oxygen atoms in total. The molecule has 1 saturated carbocycles. The van der Waals surface area contributed by atoms with E-state index in [1.807, 2.05) is 0 Å². The maximum Gasteiger partial charge on any atom is 0.253 e. The Kier molecular flexibility index (Phi) is 5.13. The second-order valence-corrected chi connectivity index (χ2v) is 8.13. The number of nitrogens with one attached hydrogen (secondary N) is 1. The first kappa shape index (κ1) is 17.9. The summed E-state index contributed by atoms with van der Waals surface area (Å²) in [5.74, 6) is 0.818. The maximum absolute atomic E-state index is 12.3. The number of likely N-dealkylation sites (tertiary alicyclic amines) is 1. The molecule has 25 heavy (non-hydrogen) atoms. The monoisotopic (exact) mass is 343 g/mol. The van der Waals surface area contributed by atoms with Crippen LogP contribution in [0.15, 0.2) is 24.3 Å². The Balaban J connectivity index is 1.51. The minimum Gasteiger partial charge on any atom is -0.345 e. The van der Waals surface area contributed by atoms with Gasteiger partial charge in [0.2, 0.25) is 5.91 Å². The molecule has 5 heteroatoms. The lowest BCUT2D eigenvalue weighted by Crippen LogP contribution is -2.33. The number of carbonyl (C=O) groups excluding carboxylic acids is 2. The number of carbonyl (C=O) groups is 2. The molecular formula is C20H29N3O2. The van der Waals surface area contributed by atoms with Crippen molar-refractivity contribution in [3.8, 4) is 0 Å². The Bertz CT molecular complexity index is 641. The van der Waals surface area contributed by atoms with E-state index in [1.54, 1.807) is 43.3 Å². The van der Waals surface area contributed by atoms with Gasteiger partial charge in [-0.3, -0.25) is 14.5 Å². The lowest BCUT2D eigenvalue weighted by atomic mass is 9.85. The molecule has 1 aliphatic carbocycles. The Morgan fingerprint density at radius 2 is 1.96 bits per heavy atom. The van der Waals surface area contributed by atoms with Crippen molar-refractivity contribution in [3.05, 3.63) is 29.8 Å². The highest BCUT2D eigenvalue weighted by molar-refractivity contribution is 5.96. The summed E-state index contributed by atoms with van der Waals surface area (Å²) in [5, 5.41) is 2.95. The molecule has 2 aliphatic rings. The quantitative estimate of drug-likeness (QED) is 0.915. The number of benzene rings is 1. The van der Waals surface area contributed by atoms with Gasteiger partial charge in [0, 0.05) is 31.9 Å². The van der Waals surface area contributed by atoms with Gasteiger partial charge in [-0.25, -0.2) is 0 Å². The van der Waals surface area contributed by atoms with Crippen molar-refractivity contribution < 1.29 is 9.59 Å². The van der Waals surface area contributed by atoms with Crippen molar-refractivity contribution >= 4 is 17.5 Å². The van der Waals surface area contributed by atoms with E-state index in [1.165, 1.54) is 25.7 Å². The SMILES string of the molecule is C[C@@H]1CC[C@@]2(CCN(CC(=O)Nc3ccc(C(=O)N(C)C)cc3)C2)C1. The van der Waals surface area contributed by atoms with E-state index in [9.17, 15) is 9.59 Å². The molecule has 0 aromatic heterocycles. The summed E-state index contributed by atoms with van der Waals surface area (Å²) in [7, 11) is 3.46. The van der Waals surface area contributed by atoms with Crippen molar-refractivity contribution in [2.45, 2.75) is 32.6 Å². The van der Waals surface area contributed by atoms with Crippen molar-refractivity contribution in [1.82, 2.24) is 9.80 Å². The summed E-state index contributed by atoms with van der Waals surface area (Å²) in [5.41, 5.74) is 1.83. The van der Waals surface area contributed by atoms with Crippen LogP contribution in [0.4, 0.5) is 5.69 Å². The van der Waals surface area contributed by atoms with Crippen molar-refractivity contribution in [1.29, 1.82) is 0 Å². The van der Waals surface area contributed by atoms with E-state index in [4.69, 9.17) is 0 Å². The number of anilines is 1. The lowest BCUT2D eigenvalue weighted by Gasteiger charge is -2.23. The molecular weight excluding hydrogens is 314 g/mol. The van der Waals surface area contributed by atoms with Gasteiger partial charge in [0.1, 0.15) is 0 Å². The molecule has 1 saturated heterocycles. The summed E-state index contributed by atoms with van der Waals surface area (Å²) in [6, 6.07) is 7.09. The van der Waals surface area contributed by atoms with E-state index in [0.29, 0.717) is 17.5 Å². The van der Waals surface area contributed by atoms with E-state index >= 15 is 0 Å². The molecule has 0 radical (unpaired) electrons. The summed E-state index contributed by atoms with van der Waals surface area (Å²) < 4.78 is 0. The topological polar surface area (TPSA) is 52.7 Å². The van der Waals surface area contributed by atoms with Crippen molar-refractivity contribution in [2.75, 3.05) is 39.0 Å². The van der Waals surface area contributed by atoms with E-state index in [-0.39, 0.29) is 11.8 Å². The third-order valence-electron chi connectivity index (χ3n) is 5.66. The molecule has 1 aromatic rings. The van der Waals surface area contributed by atoms with Crippen LogP contribution in [0, 0.1) is 11.3 Å². The number of nitrogens with zero attached hydrogens (tertiary/aromatic N) is 2. The summed E-state index contributed by atoms with van der Waals surface area (Å²) in [6.45, 7) is 4.88. The van der Waals surface area contributed by atoms with Gasteiger partial charge < -0.3 is 10.2 Å². The highest BCUT2D eigenvalue weighted by Crippen LogP contribution is 2.47. The van der Waals surface area contributed by atoms with Gasteiger partial charge in [0.15, 0.2) is 0 Å². The van der Waals surface area contributed by atoms with E-state index in [2.05, 4.69) is 17.1 Å². The van der Waals surface area contributed by atoms with Crippen LogP contribution in [-0.2, 0) is 4.79 Å². The summed E-state index contributed by atoms with van der Waals surface area (Å²) >= 11 is 0. The fourth-order valence-corrected chi connectivity index (χ4v) is 4.39. The molecule has 0 bridgehead atoms. The maximum atomic E-state index is 12.3. The molecule has 2 atom stereocenters. The minimum atomic E-state index is -0.0361. The zero-order valence-electron chi connectivity index (χ0n) is 15.5. The van der Waals surface area contributed by atoms with Crippen LogP contribution in [0.3, 0.4) is 0 Å². The largest absolute Gasteiger partial charge is 0.345 e. The molecule has 1 N–H and O–H groups in total. The molecule has 136 valence electrons. The molecule has 2 fully saturated rings. The average molecular weight is 343 g/mol. The Morgan fingerprint density at radius 3 is 2.56 bits per heavy atom. The predicted octanol–water partition coefficient (Wildman–Crippen LogP) is 2.84. The summed E-state index contributed by atoms with van der Waals surface area (Å²) in [6.07, 6.45) is 5.18. The van der Waals surface area contributed by atoms with Crippen LogP contribution in [0.25, 0.3) is 0 Å². The van der Waals surface area contributed by atoms with Gasteiger partial charge in [0.25, 0.3) is 5.91 Å². The second kappa shape index (κ2) is 7.16. The fraction of sp³-hybridized carbons (Fsp3) is 0.600.